The molecule has 1 N–H and O–H groups in total. The lowest BCUT2D eigenvalue weighted by Gasteiger charge is -2.20. The van der Waals surface area contributed by atoms with Crippen LogP contribution in [0, 0.1) is 0 Å². The van der Waals surface area contributed by atoms with Crippen LogP contribution in [0.15, 0.2) is 6.33 Å². The number of aliphatic carboxylic acids is 1. The number of hydrogen-bond donors (Lipinski definition) is 1. The van der Waals surface area contributed by atoms with Gasteiger partial charge in [-0.3, -0.25) is 14.6 Å². The summed E-state index contributed by atoms with van der Waals surface area (Å²) >= 11 is 0. The average Bonchev–Trinajstić information content (AvgIpc) is 2.70. The Morgan fingerprint density at radius 3 is 2.80 bits per heavy atom. The van der Waals surface area contributed by atoms with Crippen LogP contribution in [0.3, 0.4) is 0 Å². The summed E-state index contributed by atoms with van der Waals surface area (Å²) < 4.78 is 1.96. The highest BCUT2D eigenvalue weighted by molar-refractivity contribution is 5.69. The summed E-state index contributed by atoms with van der Waals surface area (Å²) in [5, 5.41) is 13.1. The first-order chi connectivity index (χ1) is 9.69. The lowest BCUT2D eigenvalue weighted by atomic mass is 10.3. The summed E-state index contributed by atoms with van der Waals surface area (Å²) in [5.41, 5.74) is 0. The largest absolute Gasteiger partial charge is 0.480 e. The molecule has 1 aliphatic heterocycles. The maximum Gasteiger partial charge on any atom is 0.317 e. The van der Waals surface area contributed by atoms with Gasteiger partial charge >= 0.3 is 5.97 Å². The molecule has 112 valence electrons. The fourth-order valence-electron chi connectivity index (χ4n) is 2.54. The lowest BCUT2D eigenvalue weighted by molar-refractivity contribution is -0.138. The van der Waals surface area contributed by atoms with Crippen molar-refractivity contribution in [3.8, 4) is 0 Å². The van der Waals surface area contributed by atoms with E-state index >= 15 is 0 Å². The first-order valence-corrected chi connectivity index (χ1v) is 7.22. The second-order valence-electron chi connectivity index (χ2n) is 5.20. The van der Waals surface area contributed by atoms with Gasteiger partial charge in [-0.15, -0.1) is 0 Å². The monoisotopic (exact) mass is 281 g/mol. The molecule has 7 nitrogen and oxygen atoms in total. The van der Waals surface area contributed by atoms with Gasteiger partial charge in [0.1, 0.15) is 12.2 Å². The second kappa shape index (κ2) is 7.35. The van der Waals surface area contributed by atoms with E-state index in [2.05, 4.69) is 21.9 Å². The molecule has 0 spiro atoms. The van der Waals surface area contributed by atoms with Crippen molar-refractivity contribution in [3.05, 3.63) is 12.2 Å². The Bertz CT molecular complexity index is 434. The Morgan fingerprint density at radius 1 is 1.30 bits per heavy atom. The summed E-state index contributed by atoms with van der Waals surface area (Å²) in [6.07, 6.45) is 3.65. The number of aryl methyl sites for hydroxylation is 1. The molecule has 20 heavy (non-hydrogen) atoms. The average molecular weight is 281 g/mol. The molecule has 1 fully saturated rings. The summed E-state index contributed by atoms with van der Waals surface area (Å²) in [5.74, 6) is 0.250. The van der Waals surface area contributed by atoms with Gasteiger partial charge in [-0.1, -0.05) is 6.92 Å². The molecule has 2 heterocycles. The van der Waals surface area contributed by atoms with Gasteiger partial charge in [-0.05, 0) is 19.4 Å². The Kier molecular flexibility index (Phi) is 5.49. The molecule has 0 unspecified atom stereocenters. The number of aromatic nitrogens is 3. The van der Waals surface area contributed by atoms with Crippen molar-refractivity contribution < 1.29 is 9.90 Å². The van der Waals surface area contributed by atoms with Crippen LogP contribution >= 0.6 is 0 Å². The van der Waals surface area contributed by atoms with E-state index in [0.717, 1.165) is 57.9 Å². The molecule has 0 amide bonds. The van der Waals surface area contributed by atoms with E-state index in [1.165, 1.54) is 0 Å². The topological polar surface area (TPSA) is 74.5 Å². The second-order valence-corrected chi connectivity index (χ2v) is 5.20. The summed E-state index contributed by atoms with van der Waals surface area (Å²) in [6, 6.07) is 0. The van der Waals surface area contributed by atoms with Crippen LogP contribution in [0.2, 0.25) is 0 Å². The highest BCUT2D eigenvalue weighted by Crippen LogP contribution is 2.07. The molecule has 1 aliphatic rings. The van der Waals surface area contributed by atoms with E-state index < -0.39 is 5.97 Å². The Morgan fingerprint density at radius 2 is 2.05 bits per heavy atom. The van der Waals surface area contributed by atoms with E-state index in [4.69, 9.17) is 5.11 Å². The molecule has 7 heteroatoms. The third kappa shape index (κ3) is 4.28. The minimum absolute atomic E-state index is 0.139. The zero-order chi connectivity index (χ0) is 14.4. The number of carboxylic acids is 1. The molecule has 0 aliphatic carbocycles. The van der Waals surface area contributed by atoms with Crippen LogP contribution < -0.4 is 0 Å². The lowest BCUT2D eigenvalue weighted by Crippen LogP contribution is -2.34. The van der Waals surface area contributed by atoms with Gasteiger partial charge in [0.15, 0.2) is 0 Å². The van der Waals surface area contributed by atoms with E-state index in [0.29, 0.717) is 0 Å². The van der Waals surface area contributed by atoms with Crippen molar-refractivity contribution in [3.63, 3.8) is 0 Å². The van der Waals surface area contributed by atoms with Gasteiger partial charge in [0.2, 0.25) is 0 Å². The summed E-state index contributed by atoms with van der Waals surface area (Å²) in [6.45, 7) is 7.47. The first kappa shape index (κ1) is 14.9. The minimum Gasteiger partial charge on any atom is -0.480 e. The van der Waals surface area contributed by atoms with Gasteiger partial charge in [0.25, 0.3) is 0 Å². The number of rotatable bonds is 6. The minimum atomic E-state index is -0.749. The third-order valence-electron chi connectivity index (χ3n) is 3.54. The third-order valence-corrected chi connectivity index (χ3v) is 3.54. The molecule has 1 saturated heterocycles. The van der Waals surface area contributed by atoms with Crippen molar-refractivity contribution in [2.24, 2.45) is 0 Å². The Balaban J connectivity index is 1.87. The van der Waals surface area contributed by atoms with Crippen LogP contribution in [-0.2, 0) is 17.9 Å². The van der Waals surface area contributed by atoms with Crippen LogP contribution in [0.1, 0.15) is 25.6 Å². The highest BCUT2D eigenvalue weighted by atomic mass is 16.4. The molecule has 0 radical (unpaired) electrons. The van der Waals surface area contributed by atoms with Crippen LogP contribution in [0.25, 0.3) is 0 Å². The van der Waals surface area contributed by atoms with Crippen LogP contribution in [-0.4, -0.2) is 68.4 Å². The molecule has 0 aromatic carbocycles. The predicted molar refractivity (Wildman–Crippen MR) is 74.3 cm³/mol. The number of hydrogen-bond acceptors (Lipinski definition) is 5. The van der Waals surface area contributed by atoms with Crippen molar-refractivity contribution in [2.45, 2.75) is 32.9 Å². The fourth-order valence-corrected chi connectivity index (χ4v) is 2.54. The zero-order valence-corrected chi connectivity index (χ0v) is 12.0. The zero-order valence-electron chi connectivity index (χ0n) is 12.0. The van der Waals surface area contributed by atoms with E-state index in [9.17, 15) is 4.79 Å². The molecule has 1 aromatic rings. The van der Waals surface area contributed by atoms with E-state index in [1.807, 2.05) is 9.58 Å². The molecule has 2 rings (SSSR count). The molecule has 0 bridgehead atoms. The Labute approximate surface area is 119 Å². The Hall–Kier alpha value is -1.47. The van der Waals surface area contributed by atoms with Crippen molar-refractivity contribution >= 4 is 5.97 Å². The van der Waals surface area contributed by atoms with Crippen molar-refractivity contribution in [2.75, 3.05) is 32.7 Å². The maximum absolute atomic E-state index is 10.8. The normalized spacial score (nSPS) is 18.1. The van der Waals surface area contributed by atoms with E-state index in [1.54, 1.807) is 6.33 Å². The highest BCUT2D eigenvalue weighted by Gasteiger charge is 2.18. The fraction of sp³-hybridized carbons (Fsp3) is 0.769. The molecular formula is C13H23N5O2. The summed E-state index contributed by atoms with van der Waals surface area (Å²) in [4.78, 5) is 19.4. The first-order valence-electron chi connectivity index (χ1n) is 7.22. The number of nitrogens with zero attached hydrogens (tertiary/aromatic N) is 5. The van der Waals surface area contributed by atoms with Gasteiger partial charge in [-0.2, -0.15) is 5.10 Å². The molecule has 0 saturated carbocycles. The summed E-state index contributed by atoms with van der Waals surface area (Å²) in [7, 11) is 0. The van der Waals surface area contributed by atoms with Gasteiger partial charge < -0.3 is 5.11 Å². The number of carbonyl (C=O) groups is 1. The van der Waals surface area contributed by atoms with Gasteiger partial charge in [0.05, 0.1) is 13.1 Å². The molecule has 1 aromatic heterocycles. The molecule has 0 atom stereocenters. The maximum atomic E-state index is 10.8. The van der Waals surface area contributed by atoms with Crippen molar-refractivity contribution in [1.82, 2.24) is 24.6 Å². The molecular weight excluding hydrogens is 258 g/mol. The number of carboxylic acid groups (broad SMARTS) is 1. The van der Waals surface area contributed by atoms with Gasteiger partial charge in [0, 0.05) is 26.2 Å². The SMILES string of the molecule is CCCn1ncnc1CN1CCCN(CC(=O)O)CC1. The smallest absolute Gasteiger partial charge is 0.317 e. The van der Waals surface area contributed by atoms with E-state index in [-0.39, 0.29) is 6.54 Å². The quantitative estimate of drug-likeness (QED) is 0.807. The predicted octanol–water partition coefficient (Wildman–Crippen LogP) is 0.280. The van der Waals surface area contributed by atoms with Crippen LogP contribution in [0.4, 0.5) is 0 Å². The standard InChI is InChI=1S/C13H23N5O2/c1-2-4-18-12(14-11-15-18)9-16-5-3-6-17(8-7-16)10-13(19)20/h11H,2-10H2,1H3,(H,19,20). The van der Waals surface area contributed by atoms with Crippen LogP contribution in [0.5, 0.6) is 0 Å². The van der Waals surface area contributed by atoms with Gasteiger partial charge in [-0.25, -0.2) is 9.67 Å². The van der Waals surface area contributed by atoms with Crippen molar-refractivity contribution in [1.29, 1.82) is 0 Å².